The van der Waals surface area contributed by atoms with Gasteiger partial charge in [-0.2, -0.15) is 4.98 Å². The summed E-state index contributed by atoms with van der Waals surface area (Å²) >= 11 is 0. The largest absolute Gasteiger partial charge is 0.492 e. The second-order valence-electron chi connectivity index (χ2n) is 5.40. The third kappa shape index (κ3) is 3.24. The van der Waals surface area contributed by atoms with Crippen molar-refractivity contribution in [2.45, 2.75) is 38.0 Å². The lowest BCUT2D eigenvalue weighted by Gasteiger charge is -2.01. The number of aromatic nitrogens is 2. The first-order chi connectivity index (χ1) is 10.4. The van der Waals surface area contributed by atoms with Crippen LogP contribution >= 0.6 is 0 Å². The summed E-state index contributed by atoms with van der Waals surface area (Å²) in [6.45, 7) is 1.36. The molecule has 2 aromatic rings. The van der Waals surface area contributed by atoms with Crippen molar-refractivity contribution in [2.75, 3.05) is 13.2 Å². The van der Waals surface area contributed by atoms with Crippen LogP contribution in [0.2, 0.25) is 0 Å². The molecule has 0 saturated carbocycles. The topological polar surface area (TPSA) is 74.2 Å². The SMILES string of the molecule is NCCCCCCc1nc(C2COc3ccccc32)no1. The Bertz CT molecular complexity index is 582. The molecule has 0 amide bonds. The summed E-state index contributed by atoms with van der Waals surface area (Å²) in [6, 6.07) is 8.03. The minimum atomic E-state index is 0.0935. The first-order valence-electron chi connectivity index (χ1n) is 7.63. The maximum absolute atomic E-state index is 5.67. The number of para-hydroxylation sites is 1. The number of fused-ring (bicyclic) bond motifs is 1. The third-order valence-corrected chi connectivity index (χ3v) is 3.84. The van der Waals surface area contributed by atoms with Crippen LogP contribution in [0.1, 0.15) is 48.9 Å². The Morgan fingerprint density at radius 3 is 2.90 bits per heavy atom. The van der Waals surface area contributed by atoms with E-state index in [4.69, 9.17) is 15.0 Å². The summed E-state index contributed by atoms with van der Waals surface area (Å²) in [5.41, 5.74) is 6.63. The van der Waals surface area contributed by atoms with Gasteiger partial charge in [0.15, 0.2) is 5.82 Å². The number of benzene rings is 1. The summed E-state index contributed by atoms with van der Waals surface area (Å²) in [6.07, 6.45) is 5.32. The molecule has 2 N–H and O–H groups in total. The molecule has 1 aromatic carbocycles. The van der Waals surface area contributed by atoms with E-state index in [0.29, 0.717) is 6.61 Å². The summed E-state index contributed by atoms with van der Waals surface area (Å²) in [5.74, 6) is 2.48. The second kappa shape index (κ2) is 6.72. The van der Waals surface area contributed by atoms with Crippen molar-refractivity contribution in [1.29, 1.82) is 0 Å². The number of ether oxygens (including phenoxy) is 1. The number of hydrogen-bond acceptors (Lipinski definition) is 5. The number of hydrogen-bond donors (Lipinski definition) is 1. The molecule has 5 nitrogen and oxygen atoms in total. The van der Waals surface area contributed by atoms with E-state index in [0.717, 1.165) is 55.3 Å². The van der Waals surface area contributed by atoms with E-state index < -0.39 is 0 Å². The normalized spacial score (nSPS) is 16.7. The van der Waals surface area contributed by atoms with Crippen molar-refractivity contribution >= 4 is 0 Å². The highest BCUT2D eigenvalue weighted by molar-refractivity contribution is 5.42. The molecular weight excluding hydrogens is 266 g/mol. The number of rotatable bonds is 7. The van der Waals surface area contributed by atoms with Crippen LogP contribution in [-0.2, 0) is 6.42 Å². The van der Waals surface area contributed by atoms with Gasteiger partial charge in [-0.3, -0.25) is 0 Å². The Hall–Kier alpha value is -1.88. The lowest BCUT2D eigenvalue weighted by molar-refractivity contribution is 0.331. The van der Waals surface area contributed by atoms with E-state index in [1.54, 1.807) is 0 Å². The van der Waals surface area contributed by atoms with Crippen LogP contribution in [-0.4, -0.2) is 23.3 Å². The van der Waals surface area contributed by atoms with Gasteiger partial charge in [0.25, 0.3) is 0 Å². The van der Waals surface area contributed by atoms with Gasteiger partial charge in [0, 0.05) is 12.0 Å². The van der Waals surface area contributed by atoms with Gasteiger partial charge in [-0.1, -0.05) is 36.2 Å². The van der Waals surface area contributed by atoms with Gasteiger partial charge in [-0.15, -0.1) is 0 Å². The van der Waals surface area contributed by atoms with E-state index in [1.807, 2.05) is 18.2 Å². The molecule has 0 aliphatic carbocycles. The third-order valence-electron chi connectivity index (χ3n) is 3.84. The van der Waals surface area contributed by atoms with Crippen molar-refractivity contribution in [3.63, 3.8) is 0 Å². The Morgan fingerprint density at radius 2 is 2.00 bits per heavy atom. The van der Waals surface area contributed by atoms with Gasteiger partial charge in [0.05, 0.1) is 5.92 Å². The maximum Gasteiger partial charge on any atom is 0.226 e. The molecule has 21 heavy (non-hydrogen) atoms. The van der Waals surface area contributed by atoms with Crippen LogP contribution in [0, 0.1) is 0 Å². The lowest BCUT2D eigenvalue weighted by Crippen LogP contribution is -2.04. The minimum Gasteiger partial charge on any atom is -0.492 e. The molecule has 112 valence electrons. The number of aryl methyl sites for hydroxylation is 1. The average molecular weight is 287 g/mol. The van der Waals surface area contributed by atoms with Gasteiger partial charge < -0.3 is 15.0 Å². The van der Waals surface area contributed by atoms with Crippen LogP contribution in [0.5, 0.6) is 5.75 Å². The molecule has 0 spiro atoms. The molecule has 1 aromatic heterocycles. The zero-order chi connectivity index (χ0) is 14.5. The van der Waals surface area contributed by atoms with Crippen molar-refractivity contribution in [3.8, 4) is 5.75 Å². The van der Waals surface area contributed by atoms with E-state index >= 15 is 0 Å². The second-order valence-corrected chi connectivity index (χ2v) is 5.40. The summed E-state index contributed by atoms with van der Waals surface area (Å²) in [4.78, 5) is 4.53. The van der Waals surface area contributed by atoms with Crippen LogP contribution < -0.4 is 10.5 Å². The van der Waals surface area contributed by atoms with Gasteiger partial charge in [0.1, 0.15) is 12.4 Å². The zero-order valence-corrected chi connectivity index (χ0v) is 12.1. The summed E-state index contributed by atoms with van der Waals surface area (Å²) in [5, 5.41) is 4.13. The molecule has 0 bridgehead atoms. The van der Waals surface area contributed by atoms with Crippen molar-refractivity contribution in [1.82, 2.24) is 10.1 Å². The molecule has 0 radical (unpaired) electrons. The fourth-order valence-electron chi connectivity index (χ4n) is 2.66. The molecule has 5 heteroatoms. The predicted molar refractivity (Wildman–Crippen MR) is 79.3 cm³/mol. The summed E-state index contributed by atoms with van der Waals surface area (Å²) < 4.78 is 11.0. The Kier molecular flexibility index (Phi) is 4.50. The monoisotopic (exact) mass is 287 g/mol. The Labute approximate surface area is 124 Å². The van der Waals surface area contributed by atoms with Gasteiger partial charge in [0.2, 0.25) is 5.89 Å². The quantitative estimate of drug-likeness (QED) is 0.792. The van der Waals surface area contributed by atoms with Crippen LogP contribution in [0.3, 0.4) is 0 Å². The highest BCUT2D eigenvalue weighted by Gasteiger charge is 2.29. The smallest absolute Gasteiger partial charge is 0.226 e. The van der Waals surface area contributed by atoms with Crippen LogP contribution in [0.4, 0.5) is 0 Å². The number of nitrogens with zero attached hydrogens (tertiary/aromatic N) is 2. The van der Waals surface area contributed by atoms with E-state index in [2.05, 4.69) is 16.2 Å². The van der Waals surface area contributed by atoms with E-state index in [-0.39, 0.29) is 5.92 Å². The van der Waals surface area contributed by atoms with Crippen molar-refractivity contribution < 1.29 is 9.26 Å². The van der Waals surface area contributed by atoms with E-state index in [9.17, 15) is 0 Å². The maximum atomic E-state index is 5.67. The van der Waals surface area contributed by atoms with Gasteiger partial charge in [-0.05, 0) is 25.5 Å². The van der Waals surface area contributed by atoms with Gasteiger partial charge >= 0.3 is 0 Å². The summed E-state index contributed by atoms with van der Waals surface area (Å²) in [7, 11) is 0. The number of unbranched alkanes of at least 4 members (excludes halogenated alkanes) is 3. The standard InChI is InChI=1S/C16H21N3O2/c17-10-6-2-1-3-9-15-18-16(19-21-15)13-11-20-14-8-5-4-7-12(13)14/h4-5,7-8,13H,1-3,6,9-11,17H2. The minimum absolute atomic E-state index is 0.0935. The fraction of sp³-hybridized carbons (Fsp3) is 0.500. The van der Waals surface area contributed by atoms with Crippen LogP contribution in [0.25, 0.3) is 0 Å². The molecule has 3 rings (SSSR count). The average Bonchev–Trinajstić information content (AvgIpc) is 3.13. The molecular formula is C16H21N3O2. The van der Waals surface area contributed by atoms with E-state index in [1.165, 1.54) is 6.42 Å². The first-order valence-corrected chi connectivity index (χ1v) is 7.63. The van der Waals surface area contributed by atoms with Crippen LogP contribution in [0.15, 0.2) is 28.8 Å². The Morgan fingerprint density at radius 1 is 1.14 bits per heavy atom. The molecule has 1 atom stereocenters. The highest BCUT2D eigenvalue weighted by Crippen LogP contribution is 2.36. The Balaban J connectivity index is 1.58. The molecule has 1 aliphatic heterocycles. The first kappa shape index (κ1) is 14.1. The molecule has 2 heterocycles. The van der Waals surface area contributed by atoms with Gasteiger partial charge in [-0.25, -0.2) is 0 Å². The number of nitrogens with two attached hydrogens (primary N) is 1. The molecule has 0 saturated heterocycles. The molecule has 1 unspecified atom stereocenters. The highest BCUT2D eigenvalue weighted by atomic mass is 16.5. The predicted octanol–water partition coefficient (Wildman–Crippen LogP) is 2.66. The molecule has 1 aliphatic rings. The fourth-order valence-corrected chi connectivity index (χ4v) is 2.66. The molecule has 0 fully saturated rings. The zero-order valence-electron chi connectivity index (χ0n) is 12.1. The van der Waals surface area contributed by atoms with Crippen molar-refractivity contribution in [3.05, 3.63) is 41.5 Å². The van der Waals surface area contributed by atoms with Crippen molar-refractivity contribution in [2.24, 2.45) is 5.73 Å². The lowest BCUT2D eigenvalue weighted by atomic mass is 10.0.